The lowest BCUT2D eigenvalue weighted by Gasteiger charge is -2.29. The quantitative estimate of drug-likeness (QED) is 0.0623. The van der Waals surface area contributed by atoms with E-state index in [0.717, 1.165) is 6.42 Å². The lowest BCUT2D eigenvalue weighted by molar-refractivity contribution is -0.140. The third-order valence-corrected chi connectivity index (χ3v) is 7.53. The molecule has 16 nitrogen and oxygen atoms in total. The van der Waals surface area contributed by atoms with Crippen LogP contribution in [0.5, 0.6) is 0 Å². The van der Waals surface area contributed by atoms with Crippen LogP contribution in [-0.4, -0.2) is 117 Å². The van der Waals surface area contributed by atoms with Crippen LogP contribution in [-0.2, 0) is 33.6 Å². The number of amides is 7. The molecule has 5 N–H and O–H groups in total. The van der Waals surface area contributed by atoms with Gasteiger partial charge in [-0.1, -0.05) is 27.7 Å². The third-order valence-electron chi connectivity index (χ3n) is 7.53. The molecule has 1 unspecified atom stereocenters. The number of carbonyl (C=O) groups excluding carboxylic acids is 6. The minimum absolute atomic E-state index is 0.0202. The van der Waals surface area contributed by atoms with Gasteiger partial charge in [0.15, 0.2) is 13.2 Å². The summed E-state index contributed by atoms with van der Waals surface area (Å²) < 4.78 is 0. The highest BCUT2D eigenvalue weighted by molar-refractivity contribution is 5.92. The van der Waals surface area contributed by atoms with Gasteiger partial charge in [-0.05, 0) is 50.9 Å². The molecule has 0 aromatic rings. The number of nitrogens with zero attached hydrogens (tertiary/aromatic N) is 3. The number of carbonyl (C=O) groups is 6. The lowest BCUT2D eigenvalue weighted by Crippen LogP contribution is -2.55. The summed E-state index contributed by atoms with van der Waals surface area (Å²) in [5, 5.41) is 13.8. The topological polar surface area (TPSA) is 200 Å². The Labute approximate surface area is 272 Å². The summed E-state index contributed by atoms with van der Waals surface area (Å²) in [4.78, 5) is 87.3. The SMILES string of the molecule is C=NOCC(=O)NCCN(CCCCCNC(=O)CONC(=O)N[C@@H](CC(C)C)C(=O)N1CCC[C@H]1C(=O)NC)C(=O)C(C)CC. The molecule has 262 valence electrons. The fraction of sp³-hybridized carbons (Fsp3) is 0.767. The van der Waals surface area contributed by atoms with E-state index < -0.39 is 30.6 Å². The molecular formula is C30H54N8O8. The number of likely N-dealkylation sites (N-methyl/N-ethyl adjacent to an activating group) is 1. The van der Waals surface area contributed by atoms with E-state index in [1.165, 1.54) is 11.9 Å². The van der Waals surface area contributed by atoms with Crippen LogP contribution in [0.1, 0.15) is 72.6 Å². The van der Waals surface area contributed by atoms with E-state index in [4.69, 9.17) is 4.84 Å². The van der Waals surface area contributed by atoms with Gasteiger partial charge >= 0.3 is 6.03 Å². The minimum Gasteiger partial charge on any atom is -0.386 e. The number of rotatable bonds is 22. The van der Waals surface area contributed by atoms with Gasteiger partial charge in [-0.25, -0.2) is 10.3 Å². The number of likely N-dealkylation sites (tertiary alicyclic amines) is 1. The molecule has 7 amide bonds. The van der Waals surface area contributed by atoms with Crippen molar-refractivity contribution in [2.45, 2.75) is 84.7 Å². The Morgan fingerprint density at radius 1 is 0.978 bits per heavy atom. The van der Waals surface area contributed by atoms with Gasteiger partial charge in [0.25, 0.3) is 5.91 Å². The van der Waals surface area contributed by atoms with Gasteiger partial charge in [0.1, 0.15) is 12.1 Å². The molecule has 16 heteroatoms. The van der Waals surface area contributed by atoms with Crippen LogP contribution in [0, 0.1) is 11.8 Å². The molecular weight excluding hydrogens is 600 g/mol. The molecule has 1 aliphatic heterocycles. The second-order valence-electron chi connectivity index (χ2n) is 11.6. The van der Waals surface area contributed by atoms with Crippen molar-refractivity contribution in [1.82, 2.24) is 36.5 Å². The minimum atomic E-state index is -0.854. The molecule has 0 aromatic carbocycles. The summed E-state index contributed by atoms with van der Waals surface area (Å²) in [6.45, 7) is 12.1. The Kier molecular flexibility index (Phi) is 19.6. The molecule has 0 spiro atoms. The third kappa shape index (κ3) is 15.4. The van der Waals surface area contributed by atoms with E-state index in [1.54, 1.807) is 4.90 Å². The largest absolute Gasteiger partial charge is 0.386 e. The zero-order chi connectivity index (χ0) is 34.5. The Bertz CT molecular complexity index is 1010. The molecule has 0 bridgehead atoms. The van der Waals surface area contributed by atoms with Crippen molar-refractivity contribution in [3.8, 4) is 0 Å². The molecule has 0 radical (unpaired) electrons. The number of unbranched alkanes of at least 4 members (excludes halogenated alkanes) is 2. The van der Waals surface area contributed by atoms with Crippen LogP contribution in [0.25, 0.3) is 0 Å². The Morgan fingerprint density at radius 3 is 2.33 bits per heavy atom. The smallest absolute Gasteiger partial charge is 0.339 e. The van der Waals surface area contributed by atoms with Crippen molar-refractivity contribution < 1.29 is 38.4 Å². The number of urea groups is 1. The summed E-state index contributed by atoms with van der Waals surface area (Å²) in [5.74, 6) is -1.37. The van der Waals surface area contributed by atoms with Gasteiger partial charge < -0.3 is 35.9 Å². The summed E-state index contributed by atoms with van der Waals surface area (Å²) in [5.41, 5.74) is 2.15. The maximum atomic E-state index is 13.2. The number of hydrogen-bond donors (Lipinski definition) is 5. The number of oxime groups is 1. The highest BCUT2D eigenvalue weighted by Crippen LogP contribution is 2.20. The Morgan fingerprint density at radius 2 is 1.67 bits per heavy atom. The van der Waals surface area contributed by atoms with Crippen LogP contribution < -0.4 is 26.7 Å². The second-order valence-corrected chi connectivity index (χ2v) is 11.6. The summed E-state index contributed by atoms with van der Waals surface area (Å²) in [6, 6.07) is -2.18. The van der Waals surface area contributed by atoms with E-state index in [1.807, 2.05) is 27.7 Å². The second kappa shape index (κ2) is 22.5. The molecule has 1 rings (SSSR count). The fourth-order valence-electron chi connectivity index (χ4n) is 4.90. The van der Waals surface area contributed by atoms with Crippen molar-refractivity contribution in [3.63, 3.8) is 0 Å². The van der Waals surface area contributed by atoms with E-state index in [9.17, 15) is 28.8 Å². The van der Waals surface area contributed by atoms with Gasteiger partial charge in [0.05, 0.1) is 0 Å². The van der Waals surface area contributed by atoms with E-state index in [-0.39, 0.29) is 48.6 Å². The van der Waals surface area contributed by atoms with E-state index in [0.29, 0.717) is 64.7 Å². The van der Waals surface area contributed by atoms with Crippen LogP contribution in [0.15, 0.2) is 5.16 Å². The van der Waals surface area contributed by atoms with Gasteiger partial charge in [0, 0.05) is 52.4 Å². The highest BCUT2D eigenvalue weighted by Gasteiger charge is 2.37. The first-order valence-electron chi connectivity index (χ1n) is 16.1. The van der Waals surface area contributed by atoms with E-state index in [2.05, 4.69) is 43.5 Å². The predicted molar refractivity (Wildman–Crippen MR) is 171 cm³/mol. The van der Waals surface area contributed by atoms with Crippen molar-refractivity contribution in [1.29, 1.82) is 0 Å². The fourth-order valence-corrected chi connectivity index (χ4v) is 4.90. The molecule has 1 heterocycles. The Balaban J connectivity index is 2.39. The molecule has 46 heavy (non-hydrogen) atoms. The number of hydrogen-bond acceptors (Lipinski definition) is 9. The molecule has 1 fully saturated rings. The van der Waals surface area contributed by atoms with Crippen LogP contribution in [0.2, 0.25) is 0 Å². The summed E-state index contributed by atoms with van der Waals surface area (Å²) in [6.07, 6.45) is 4.47. The molecule has 0 aromatic heterocycles. The molecule has 1 saturated heterocycles. The zero-order valence-corrected chi connectivity index (χ0v) is 28.0. The monoisotopic (exact) mass is 654 g/mol. The van der Waals surface area contributed by atoms with Crippen molar-refractivity contribution >= 4 is 42.3 Å². The molecule has 0 saturated carbocycles. The average molecular weight is 655 g/mol. The standard InChI is InChI=1S/C30H54N8O8/c1-7-22(4)28(42)37(17-14-34-25(39)19-45-32-6)15-10-8-9-13-33-26(40)20-46-36-30(44)35-23(18-21(2)3)29(43)38-16-11-12-24(38)27(41)31-5/h21-24H,6-20H2,1-5H3,(H,31,41)(H,33,40)(H,34,39)(H2,35,36,44)/t22?,23-,24-/m0/s1. The molecule has 3 atom stereocenters. The van der Waals surface area contributed by atoms with Gasteiger partial charge in [-0.3, -0.25) is 28.8 Å². The number of nitrogens with one attached hydrogen (secondary N) is 5. The van der Waals surface area contributed by atoms with Crippen molar-refractivity contribution in [3.05, 3.63) is 0 Å². The normalized spacial score (nSPS) is 15.3. The molecule has 1 aliphatic rings. The molecule has 0 aliphatic carbocycles. The van der Waals surface area contributed by atoms with Crippen LogP contribution in [0.4, 0.5) is 4.79 Å². The van der Waals surface area contributed by atoms with Crippen LogP contribution >= 0.6 is 0 Å². The predicted octanol–water partition coefficient (Wildman–Crippen LogP) is 0.279. The van der Waals surface area contributed by atoms with Gasteiger partial charge in [0.2, 0.25) is 23.6 Å². The van der Waals surface area contributed by atoms with E-state index >= 15 is 0 Å². The maximum absolute atomic E-state index is 13.2. The first-order chi connectivity index (χ1) is 21.9. The van der Waals surface area contributed by atoms with Crippen molar-refractivity contribution in [2.75, 3.05) is 53.0 Å². The van der Waals surface area contributed by atoms with Crippen LogP contribution in [0.3, 0.4) is 0 Å². The maximum Gasteiger partial charge on any atom is 0.339 e. The average Bonchev–Trinajstić information content (AvgIpc) is 3.52. The van der Waals surface area contributed by atoms with Gasteiger partial charge in [-0.15, -0.1) is 5.16 Å². The first-order valence-corrected chi connectivity index (χ1v) is 16.1. The zero-order valence-electron chi connectivity index (χ0n) is 28.0. The summed E-state index contributed by atoms with van der Waals surface area (Å²) >= 11 is 0. The first kappa shape index (κ1) is 40.1. The lowest BCUT2D eigenvalue weighted by atomic mass is 10.0. The highest BCUT2D eigenvalue weighted by atomic mass is 16.7. The summed E-state index contributed by atoms with van der Waals surface area (Å²) in [7, 11) is 1.52. The number of hydroxylamine groups is 1. The Hall–Kier alpha value is -3.95. The van der Waals surface area contributed by atoms with Gasteiger partial charge in [-0.2, -0.15) is 0 Å². The van der Waals surface area contributed by atoms with Crippen molar-refractivity contribution in [2.24, 2.45) is 17.0 Å².